The minimum atomic E-state index is -0.427. The summed E-state index contributed by atoms with van der Waals surface area (Å²) in [4.78, 5) is 23.6. The van der Waals surface area contributed by atoms with Crippen LogP contribution in [0.4, 0.5) is 0 Å². The molecule has 0 aliphatic rings. The van der Waals surface area contributed by atoms with Gasteiger partial charge >= 0.3 is 5.63 Å². The predicted octanol–water partition coefficient (Wildman–Crippen LogP) is 3.81. The van der Waals surface area contributed by atoms with Crippen LogP contribution in [0.2, 0.25) is 0 Å². The Morgan fingerprint density at radius 3 is 2.50 bits per heavy atom. The Balaban J connectivity index is 1.57. The molecule has 156 valence electrons. The number of carbonyl (C=O) groups is 1. The molecule has 7 heteroatoms. The molecule has 0 aliphatic carbocycles. The lowest BCUT2D eigenvalue weighted by atomic mass is 10.1. The van der Waals surface area contributed by atoms with E-state index >= 15 is 0 Å². The van der Waals surface area contributed by atoms with Crippen molar-refractivity contribution >= 4 is 22.6 Å². The fraction of sp³-hybridized carbons (Fsp3) is 0.261. The predicted molar refractivity (Wildman–Crippen MR) is 115 cm³/mol. The second-order valence-corrected chi connectivity index (χ2v) is 7.12. The normalized spacial score (nSPS) is 11.6. The fourth-order valence-corrected chi connectivity index (χ4v) is 2.83. The van der Waals surface area contributed by atoms with Gasteiger partial charge in [0.1, 0.15) is 17.1 Å². The molecular formula is C23H24N2O5. The van der Waals surface area contributed by atoms with Gasteiger partial charge in [-0.25, -0.2) is 10.2 Å². The summed E-state index contributed by atoms with van der Waals surface area (Å²) in [6, 6.07) is 14.0. The van der Waals surface area contributed by atoms with E-state index in [9.17, 15) is 9.59 Å². The van der Waals surface area contributed by atoms with Gasteiger partial charge < -0.3 is 13.9 Å². The van der Waals surface area contributed by atoms with Crippen LogP contribution in [0.15, 0.2) is 62.8 Å². The average molecular weight is 408 g/mol. The Kier molecular flexibility index (Phi) is 6.51. The van der Waals surface area contributed by atoms with Gasteiger partial charge in [-0.05, 0) is 75.2 Å². The van der Waals surface area contributed by atoms with Gasteiger partial charge in [-0.3, -0.25) is 4.79 Å². The number of fused-ring (bicyclic) bond motifs is 1. The van der Waals surface area contributed by atoms with Crippen molar-refractivity contribution in [3.05, 3.63) is 70.1 Å². The van der Waals surface area contributed by atoms with E-state index in [1.807, 2.05) is 45.0 Å². The summed E-state index contributed by atoms with van der Waals surface area (Å²) < 4.78 is 16.3. The number of carbonyl (C=O) groups excluding carboxylic acids is 1. The van der Waals surface area contributed by atoms with E-state index in [0.717, 1.165) is 22.3 Å². The maximum Gasteiger partial charge on any atom is 0.336 e. The van der Waals surface area contributed by atoms with Crippen LogP contribution in [0, 0.1) is 6.92 Å². The molecule has 30 heavy (non-hydrogen) atoms. The number of aryl methyl sites for hydroxylation is 1. The van der Waals surface area contributed by atoms with Crippen molar-refractivity contribution in [1.29, 1.82) is 0 Å². The molecule has 1 amide bonds. The quantitative estimate of drug-likeness (QED) is 0.365. The topological polar surface area (TPSA) is 90.1 Å². The highest BCUT2D eigenvalue weighted by Gasteiger charge is 2.07. The molecule has 0 fully saturated rings. The molecule has 0 saturated carbocycles. The summed E-state index contributed by atoms with van der Waals surface area (Å²) in [6.07, 6.45) is 0.104. The van der Waals surface area contributed by atoms with Crippen LogP contribution in [0.25, 0.3) is 11.0 Å². The van der Waals surface area contributed by atoms with E-state index in [1.54, 1.807) is 25.1 Å². The van der Waals surface area contributed by atoms with Gasteiger partial charge in [0.25, 0.3) is 5.91 Å². The summed E-state index contributed by atoms with van der Waals surface area (Å²) in [5, 5.41) is 4.92. The van der Waals surface area contributed by atoms with Crippen molar-refractivity contribution in [2.24, 2.45) is 5.10 Å². The van der Waals surface area contributed by atoms with Crippen LogP contribution in [-0.4, -0.2) is 24.3 Å². The SMILES string of the molecule is C/C(=N/NC(=O)COc1ccc2c(C)cc(=O)oc2c1)c1ccc(OC(C)C)cc1. The van der Waals surface area contributed by atoms with Crippen molar-refractivity contribution in [2.75, 3.05) is 6.61 Å². The Labute approximate surface area is 174 Å². The van der Waals surface area contributed by atoms with Gasteiger partial charge in [-0.1, -0.05) is 0 Å². The molecule has 7 nitrogen and oxygen atoms in total. The van der Waals surface area contributed by atoms with Crippen LogP contribution in [0.3, 0.4) is 0 Å². The minimum Gasteiger partial charge on any atom is -0.491 e. The van der Waals surface area contributed by atoms with E-state index in [2.05, 4.69) is 10.5 Å². The van der Waals surface area contributed by atoms with Crippen molar-refractivity contribution in [3.8, 4) is 11.5 Å². The van der Waals surface area contributed by atoms with E-state index in [1.165, 1.54) is 6.07 Å². The van der Waals surface area contributed by atoms with Gasteiger partial charge in [-0.15, -0.1) is 0 Å². The van der Waals surface area contributed by atoms with E-state index in [4.69, 9.17) is 13.9 Å². The van der Waals surface area contributed by atoms with Crippen LogP contribution >= 0.6 is 0 Å². The van der Waals surface area contributed by atoms with Crippen LogP contribution in [0.1, 0.15) is 31.9 Å². The summed E-state index contributed by atoms with van der Waals surface area (Å²) >= 11 is 0. The maximum absolute atomic E-state index is 12.1. The lowest BCUT2D eigenvalue weighted by Crippen LogP contribution is -2.25. The van der Waals surface area contributed by atoms with Crippen LogP contribution in [-0.2, 0) is 4.79 Å². The number of ether oxygens (including phenoxy) is 2. The molecule has 0 radical (unpaired) electrons. The Morgan fingerprint density at radius 2 is 1.80 bits per heavy atom. The molecule has 2 aromatic carbocycles. The molecule has 0 spiro atoms. The molecule has 1 aromatic heterocycles. The zero-order valence-electron chi connectivity index (χ0n) is 17.4. The molecule has 0 aliphatic heterocycles. The maximum atomic E-state index is 12.1. The highest BCUT2D eigenvalue weighted by atomic mass is 16.5. The lowest BCUT2D eigenvalue weighted by Gasteiger charge is -2.10. The third-order valence-corrected chi connectivity index (χ3v) is 4.28. The van der Waals surface area contributed by atoms with E-state index < -0.39 is 11.5 Å². The van der Waals surface area contributed by atoms with Gasteiger partial charge in [0.15, 0.2) is 6.61 Å². The number of hydrogen-bond acceptors (Lipinski definition) is 6. The standard InChI is InChI=1S/C23H24N2O5/c1-14(2)29-18-7-5-17(6-8-18)16(4)24-25-22(26)13-28-19-9-10-20-15(3)11-23(27)30-21(20)12-19/h5-12,14H,13H2,1-4H3,(H,25,26)/b24-16-. The lowest BCUT2D eigenvalue weighted by molar-refractivity contribution is -0.123. The highest BCUT2D eigenvalue weighted by Crippen LogP contribution is 2.22. The second-order valence-electron chi connectivity index (χ2n) is 7.12. The highest BCUT2D eigenvalue weighted by molar-refractivity contribution is 5.99. The second kappa shape index (κ2) is 9.26. The molecule has 0 atom stereocenters. The third-order valence-electron chi connectivity index (χ3n) is 4.28. The molecule has 0 saturated heterocycles. The van der Waals surface area contributed by atoms with Crippen molar-refractivity contribution in [1.82, 2.24) is 5.43 Å². The first kappa shape index (κ1) is 21.1. The number of benzene rings is 2. The van der Waals surface area contributed by atoms with Crippen molar-refractivity contribution < 1.29 is 18.7 Å². The Bertz CT molecular complexity index is 1130. The summed E-state index contributed by atoms with van der Waals surface area (Å²) in [7, 11) is 0. The van der Waals surface area contributed by atoms with Crippen LogP contribution in [0.5, 0.6) is 11.5 Å². The van der Waals surface area contributed by atoms with Gasteiger partial charge in [0, 0.05) is 17.5 Å². The first-order chi connectivity index (χ1) is 14.3. The molecule has 3 aromatic rings. The van der Waals surface area contributed by atoms with Gasteiger partial charge in [0.05, 0.1) is 11.8 Å². The molecule has 0 unspecified atom stereocenters. The monoisotopic (exact) mass is 408 g/mol. The minimum absolute atomic E-state index is 0.104. The van der Waals surface area contributed by atoms with Crippen LogP contribution < -0.4 is 20.5 Å². The Morgan fingerprint density at radius 1 is 1.10 bits per heavy atom. The number of hydrazone groups is 1. The van der Waals surface area contributed by atoms with E-state index in [-0.39, 0.29) is 12.7 Å². The molecule has 3 rings (SSSR count). The van der Waals surface area contributed by atoms with Crippen molar-refractivity contribution in [2.45, 2.75) is 33.8 Å². The number of nitrogens with one attached hydrogen (secondary N) is 1. The summed E-state index contributed by atoms with van der Waals surface area (Å²) in [5.41, 5.74) is 4.80. The fourth-order valence-electron chi connectivity index (χ4n) is 2.83. The Hall–Kier alpha value is -3.61. The zero-order chi connectivity index (χ0) is 21.7. The first-order valence-electron chi connectivity index (χ1n) is 9.59. The van der Waals surface area contributed by atoms with E-state index in [0.29, 0.717) is 17.0 Å². The number of nitrogens with zero attached hydrogens (tertiary/aromatic N) is 1. The number of amides is 1. The summed E-state index contributed by atoms with van der Waals surface area (Å²) in [6.45, 7) is 7.34. The zero-order valence-corrected chi connectivity index (χ0v) is 17.4. The molecular weight excluding hydrogens is 384 g/mol. The average Bonchev–Trinajstić information content (AvgIpc) is 2.70. The van der Waals surface area contributed by atoms with Crippen molar-refractivity contribution in [3.63, 3.8) is 0 Å². The molecule has 1 heterocycles. The molecule has 1 N–H and O–H groups in total. The molecule has 0 bridgehead atoms. The first-order valence-corrected chi connectivity index (χ1v) is 9.59. The number of hydrogen-bond donors (Lipinski definition) is 1. The summed E-state index contributed by atoms with van der Waals surface area (Å²) in [5.74, 6) is 0.799. The smallest absolute Gasteiger partial charge is 0.336 e. The largest absolute Gasteiger partial charge is 0.491 e. The third kappa shape index (κ3) is 5.47. The number of rotatable bonds is 7. The van der Waals surface area contributed by atoms with Gasteiger partial charge in [0.2, 0.25) is 0 Å². The van der Waals surface area contributed by atoms with Gasteiger partial charge in [-0.2, -0.15) is 5.10 Å².